The lowest BCUT2D eigenvalue weighted by molar-refractivity contribution is -0.126. The van der Waals surface area contributed by atoms with Crippen molar-refractivity contribution in [1.82, 2.24) is 16.0 Å². The number of ketones is 1. The van der Waals surface area contributed by atoms with Crippen LogP contribution in [-0.2, 0) is 45.1 Å². The second-order valence-electron chi connectivity index (χ2n) is 14.6. The van der Waals surface area contributed by atoms with Crippen molar-refractivity contribution in [2.45, 2.75) is 97.2 Å². The first-order valence-electron chi connectivity index (χ1n) is 19.6. The van der Waals surface area contributed by atoms with Gasteiger partial charge in [0.05, 0.1) is 18.2 Å². The van der Waals surface area contributed by atoms with Crippen molar-refractivity contribution < 1.29 is 33.8 Å². The molecule has 10 heteroatoms. The fourth-order valence-electron chi connectivity index (χ4n) is 6.60. The number of alkyl carbamates (subject to hydrolysis) is 2. The standard InChI is InChI=1S/C46H57N3O7/c1-5-32(3)41(48-45(53)55-30-36-23-15-9-16-24-36)40(50)29-38(27-34-19-11-7-12-20-34)43(51)39(28-35-21-13-8-14-22-35)47-44(52)42(33(4)6-2)49-46(54)56-31-37-25-17-10-18-26-37/h7-26,32-33,38-39,41-43,51H,5-6,27-31H2,1-4H3,(H,47,52)(H,48,53)(H,49,54)/t32-,33-,38+,39-,41+,42-,43-/m0/s1. The molecule has 0 fully saturated rings. The van der Waals surface area contributed by atoms with Crippen LogP contribution in [-0.4, -0.2) is 53.2 Å². The molecule has 4 N–H and O–H groups in total. The number of Topliss-reactive ketones (excluding diaryl/α,β-unsaturated/α-hetero) is 1. The van der Waals surface area contributed by atoms with Crippen molar-refractivity contribution in [3.8, 4) is 0 Å². The van der Waals surface area contributed by atoms with Gasteiger partial charge in [-0.3, -0.25) is 9.59 Å². The van der Waals surface area contributed by atoms with Gasteiger partial charge in [0.1, 0.15) is 19.3 Å². The lowest BCUT2D eigenvalue weighted by Gasteiger charge is -2.34. The Labute approximate surface area is 331 Å². The first kappa shape index (κ1) is 43.3. The largest absolute Gasteiger partial charge is 0.445 e. The van der Waals surface area contributed by atoms with E-state index in [-0.39, 0.29) is 43.7 Å². The van der Waals surface area contributed by atoms with Crippen molar-refractivity contribution in [1.29, 1.82) is 0 Å². The molecule has 0 unspecified atom stereocenters. The summed E-state index contributed by atoms with van der Waals surface area (Å²) in [5.74, 6) is -1.86. The lowest BCUT2D eigenvalue weighted by atomic mass is 9.81. The molecule has 0 aromatic heterocycles. The van der Waals surface area contributed by atoms with E-state index in [4.69, 9.17) is 9.47 Å². The third-order valence-electron chi connectivity index (χ3n) is 10.4. The Bertz CT molecular complexity index is 1640. The van der Waals surface area contributed by atoms with E-state index in [0.29, 0.717) is 19.3 Å². The van der Waals surface area contributed by atoms with E-state index in [1.807, 2.05) is 149 Å². The number of rotatable bonds is 21. The molecule has 4 rings (SSSR count). The van der Waals surface area contributed by atoms with Gasteiger partial charge in [-0.05, 0) is 52.8 Å². The average molecular weight is 764 g/mol. The fraction of sp³-hybridized carbons (Fsp3) is 0.391. The van der Waals surface area contributed by atoms with E-state index in [1.54, 1.807) is 0 Å². The zero-order chi connectivity index (χ0) is 40.3. The Hall–Kier alpha value is -5.48. The molecule has 298 valence electrons. The molecule has 0 saturated carbocycles. The predicted molar refractivity (Wildman–Crippen MR) is 217 cm³/mol. The third kappa shape index (κ3) is 14.0. The molecule has 56 heavy (non-hydrogen) atoms. The normalized spacial score (nSPS) is 14.8. The van der Waals surface area contributed by atoms with Gasteiger partial charge in [-0.25, -0.2) is 9.59 Å². The van der Waals surface area contributed by atoms with Gasteiger partial charge in [0, 0.05) is 6.42 Å². The summed E-state index contributed by atoms with van der Waals surface area (Å²) < 4.78 is 10.9. The SMILES string of the molecule is CC[C@H](C)[C@H](NC(=O)OCc1ccccc1)C(=O)N[C@@H](Cc1ccccc1)[C@@H](O)[C@@H](CC(=O)[C@H](NC(=O)OCc1ccccc1)[C@@H](C)CC)Cc1ccccc1. The van der Waals surface area contributed by atoms with Crippen molar-refractivity contribution in [3.63, 3.8) is 0 Å². The first-order chi connectivity index (χ1) is 27.1. The van der Waals surface area contributed by atoms with Gasteiger partial charge in [0.2, 0.25) is 5.91 Å². The maximum atomic E-state index is 14.3. The van der Waals surface area contributed by atoms with Crippen LogP contribution in [0.25, 0.3) is 0 Å². The maximum absolute atomic E-state index is 14.3. The molecule has 0 bridgehead atoms. The van der Waals surface area contributed by atoms with Gasteiger partial charge in [-0.15, -0.1) is 0 Å². The molecule has 0 saturated heterocycles. The van der Waals surface area contributed by atoms with Crippen LogP contribution in [0, 0.1) is 17.8 Å². The van der Waals surface area contributed by atoms with Gasteiger partial charge < -0.3 is 30.5 Å². The summed E-state index contributed by atoms with van der Waals surface area (Å²) in [7, 11) is 0. The maximum Gasteiger partial charge on any atom is 0.408 e. The van der Waals surface area contributed by atoms with Crippen LogP contribution in [0.15, 0.2) is 121 Å². The summed E-state index contributed by atoms with van der Waals surface area (Å²) in [5.41, 5.74) is 3.41. The van der Waals surface area contributed by atoms with Crippen molar-refractivity contribution >= 4 is 23.9 Å². The minimum absolute atomic E-state index is 0.0449. The Morgan fingerprint density at radius 3 is 1.39 bits per heavy atom. The second kappa shape index (κ2) is 22.8. The fourth-order valence-corrected chi connectivity index (χ4v) is 6.60. The van der Waals surface area contributed by atoms with E-state index in [9.17, 15) is 24.3 Å². The summed E-state index contributed by atoms with van der Waals surface area (Å²) in [6.07, 6.45) is -0.909. The van der Waals surface area contributed by atoms with Gasteiger partial charge in [0.25, 0.3) is 0 Å². The molecule has 4 aromatic rings. The highest BCUT2D eigenvalue weighted by molar-refractivity contribution is 5.88. The Morgan fingerprint density at radius 1 is 0.554 bits per heavy atom. The van der Waals surface area contributed by atoms with Crippen LogP contribution in [0.3, 0.4) is 0 Å². The number of hydrogen-bond donors (Lipinski definition) is 4. The third-order valence-corrected chi connectivity index (χ3v) is 10.4. The number of benzene rings is 4. The number of nitrogens with one attached hydrogen (secondary N) is 3. The topological polar surface area (TPSA) is 143 Å². The average Bonchev–Trinajstić information content (AvgIpc) is 3.23. The number of amides is 3. The zero-order valence-electron chi connectivity index (χ0n) is 32.9. The Morgan fingerprint density at radius 2 is 0.946 bits per heavy atom. The number of aliphatic hydroxyl groups excluding tert-OH is 1. The van der Waals surface area contributed by atoms with E-state index in [2.05, 4.69) is 16.0 Å². The van der Waals surface area contributed by atoms with E-state index < -0.39 is 48.2 Å². The molecule has 7 atom stereocenters. The summed E-state index contributed by atoms with van der Waals surface area (Å²) in [5, 5.41) is 21.0. The van der Waals surface area contributed by atoms with Gasteiger partial charge in [-0.2, -0.15) is 0 Å². The molecule has 3 amide bonds. The molecule has 0 aliphatic carbocycles. The van der Waals surface area contributed by atoms with Crippen LogP contribution in [0.2, 0.25) is 0 Å². The van der Waals surface area contributed by atoms with Gasteiger partial charge >= 0.3 is 12.2 Å². The Balaban J connectivity index is 1.57. The number of carbonyl (C=O) groups excluding carboxylic acids is 4. The molecule has 0 aliphatic rings. The molecule has 0 aliphatic heterocycles. The molecular weight excluding hydrogens is 707 g/mol. The summed E-state index contributed by atoms with van der Waals surface area (Å²) in [6, 6.07) is 35.0. The van der Waals surface area contributed by atoms with Crippen molar-refractivity contribution in [2.75, 3.05) is 0 Å². The minimum atomic E-state index is -1.20. The number of carbonyl (C=O) groups is 4. The zero-order valence-corrected chi connectivity index (χ0v) is 32.9. The number of ether oxygens (including phenoxy) is 2. The Kier molecular flexibility index (Phi) is 17.6. The van der Waals surface area contributed by atoms with Gasteiger partial charge in [0.15, 0.2) is 5.78 Å². The molecule has 0 spiro atoms. The monoisotopic (exact) mass is 763 g/mol. The van der Waals surface area contributed by atoms with E-state index in [0.717, 1.165) is 22.3 Å². The highest BCUT2D eigenvalue weighted by Gasteiger charge is 2.36. The van der Waals surface area contributed by atoms with Crippen LogP contribution in [0.1, 0.15) is 69.2 Å². The summed E-state index contributed by atoms with van der Waals surface area (Å²) in [4.78, 5) is 54.4. The smallest absolute Gasteiger partial charge is 0.408 e. The van der Waals surface area contributed by atoms with Crippen LogP contribution < -0.4 is 16.0 Å². The molecule has 10 nitrogen and oxygen atoms in total. The van der Waals surface area contributed by atoms with E-state index >= 15 is 0 Å². The highest BCUT2D eigenvalue weighted by atomic mass is 16.6. The summed E-state index contributed by atoms with van der Waals surface area (Å²) >= 11 is 0. The number of aliphatic hydroxyl groups is 1. The minimum Gasteiger partial charge on any atom is -0.445 e. The van der Waals surface area contributed by atoms with Crippen LogP contribution in [0.5, 0.6) is 0 Å². The van der Waals surface area contributed by atoms with Gasteiger partial charge in [-0.1, -0.05) is 162 Å². The van der Waals surface area contributed by atoms with Crippen LogP contribution in [0.4, 0.5) is 9.59 Å². The van der Waals surface area contributed by atoms with Crippen molar-refractivity contribution in [3.05, 3.63) is 144 Å². The van der Waals surface area contributed by atoms with E-state index in [1.165, 1.54) is 0 Å². The quantitative estimate of drug-likeness (QED) is 0.0686. The first-order valence-corrected chi connectivity index (χ1v) is 19.6. The lowest BCUT2D eigenvalue weighted by Crippen LogP contribution is -2.57. The highest BCUT2D eigenvalue weighted by Crippen LogP contribution is 2.25. The molecule has 4 aromatic carbocycles. The predicted octanol–water partition coefficient (Wildman–Crippen LogP) is 7.58. The molecule has 0 heterocycles. The van der Waals surface area contributed by atoms with Crippen LogP contribution >= 0.6 is 0 Å². The number of hydrogen-bond acceptors (Lipinski definition) is 7. The summed E-state index contributed by atoms with van der Waals surface area (Å²) in [6.45, 7) is 7.74. The second-order valence-corrected chi connectivity index (χ2v) is 14.6. The van der Waals surface area contributed by atoms with Crippen molar-refractivity contribution in [2.24, 2.45) is 17.8 Å². The molecular formula is C46H57N3O7. The molecule has 0 radical (unpaired) electrons.